The largest absolute Gasteiger partial charge is 0.494 e. The van der Waals surface area contributed by atoms with E-state index in [-0.39, 0.29) is 23.5 Å². The van der Waals surface area contributed by atoms with Gasteiger partial charge >= 0.3 is 0 Å². The van der Waals surface area contributed by atoms with Crippen LogP contribution in [0.5, 0.6) is 5.75 Å². The standard InChI is InChI=1S/C33H33F2N3O5S/c1-3-43-29-17-15-28(16-18-29)38(44(41,42)30-19-13-27(35)14-20-30)23-32(39)37(22-25-9-11-26(34)12-10-25)31(33(40)36-2)21-24-7-5-4-6-8-24/h4-20,31H,3,21-23H2,1-2H3,(H,36,40). The molecular formula is C33H33F2N3O5S. The predicted molar refractivity (Wildman–Crippen MR) is 163 cm³/mol. The van der Waals surface area contributed by atoms with Crippen molar-refractivity contribution >= 4 is 27.5 Å². The van der Waals surface area contributed by atoms with Crippen LogP contribution in [0.1, 0.15) is 18.1 Å². The minimum atomic E-state index is -4.39. The van der Waals surface area contributed by atoms with Gasteiger partial charge in [0.2, 0.25) is 11.8 Å². The van der Waals surface area contributed by atoms with E-state index in [1.807, 2.05) is 37.3 Å². The van der Waals surface area contributed by atoms with Crippen LogP contribution in [0.15, 0.2) is 108 Å². The predicted octanol–water partition coefficient (Wildman–Crippen LogP) is 4.94. The molecule has 2 amide bonds. The highest BCUT2D eigenvalue weighted by Gasteiger charge is 2.34. The molecule has 0 aliphatic carbocycles. The van der Waals surface area contributed by atoms with Crippen molar-refractivity contribution in [1.82, 2.24) is 10.2 Å². The van der Waals surface area contributed by atoms with E-state index in [0.717, 1.165) is 34.1 Å². The van der Waals surface area contributed by atoms with E-state index in [0.29, 0.717) is 17.9 Å². The second-order valence-electron chi connectivity index (χ2n) is 9.86. The van der Waals surface area contributed by atoms with Crippen LogP contribution in [0.4, 0.5) is 14.5 Å². The van der Waals surface area contributed by atoms with Crippen LogP contribution in [0, 0.1) is 11.6 Å². The molecule has 44 heavy (non-hydrogen) atoms. The molecule has 1 atom stereocenters. The van der Waals surface area contributed by atoms with Gasteiger partial charge in [0.15, 0.2) is 0 Å². The Bertz CT molecular complexity index is 1650. The van der Waals surface area contributed by atoms with Gasteiger partial charge < -0.3 is 15.0 Å². The maximum atomic E-state index is 14.2. The van der Waals surface area contributed by atoms with Gasteiger partial charge in [0.1, 0.15) is 30.0 Å². The molecule has 230 valence electrons. The number of hydrogen-bond donors (Lipinski definition) is 1. The fraction of sp³-hybridized carbons (Fsp3) is 0.212. The summed E-state index contributed by atoms with van der Waals surface area (Å²) in [6, 6.07) is 24.0. The molecular weight excluding hydrogens is 588 g/mol. The Morgan fingerprint density at radius 2 is 1.41 bits per heavy atom. The summed E-state index contributed by atoms with van der Waals surface area (Å²) < 4.78 is 61.7. The number of rotatable bonds is 13. The number of benzene rings is 4. The molecule has 0 aliphatic rings. The van der Waals surface area contributed by atoms with Crippen molar-refractivity contribution in [1.29, 1.82) is 0 Å². The minimum Gasteiger partial charge on any atom is -0.494 e. The smallest absolute Gasteiger partial charge is 0.264 e. The second kappa shape index (κ2) is 14.6. The van der Waals surface area contributed by atoms with Crippen molar-refractivity contribution in [2.75, 3.05) is 24.5 Å². The highest BCUT2D eigenvalue weighted by atomic mass is 32.2. The quantitative estimate of drug-likeness (QED) is 0.228. The Balaban J connectivity index is 1.78. The van der Waals surface area contributed by atoms with Crippen molar-refractivity contribution < 1.29 is 31.5 Å². The lowest BCUT2D eigenvalue weighted by atomic mass is 10.0. The topological polar surface area (TPSA) is 96.0 Å². The van der Waals surface area contributed by atoms with E-state index in [1.165, 1.54) is 48.3 Å². The molecule has 4 aromatic rings. The Kier molecular flexibility index (Phi) is 10.7. The average molecular weight is 622 g/mol. The van der Waals surface area contributed by atoms with Gasteiger partial charge in [-0.2, -0.15) is 0 Å². The van der Waals surface area contributed by atoms with Crippen LogP contribution in [0.2, 0.25) is 0 Å². The average Bonchev–Trinajstić information content (AvgIpc) is 3.03. The molecule has 4 rings (SSSR count). The van der Waals surface area contributed by atoms with Crippen LogP contribution in [-0.4, -0.2) is 51.4 Å². The number of nitrogens with zero attached hydrogens (tertiary/aromatic N) is 2. The number of nitrogens with one attached hydrogen (secondary N) is 1. The molecule has 0 spiro atoms. The van der Waals surface area contributed by atoms with Gasteiger partial charge in [0.25, 0.3) is 10.0 Å². The highest BCUT2D eigenvalue weighted by molar-refractivity contribution is 7.92. The summed E-state index contributed by atoms with van der Waals surface area (Å²) >= 11 is 0. The lowest BCUT2D eigenvalue weighted by Gasteiger charge is -2.33. The summed E-state index contributed by atoms with van der Waals surface area (Å²) in [6.07, 6.45) is 0.140. The van der Waals surface area contributed by atoms with Gasteiger partial charge in [-0.25, -0.2) is 17.2 Å². The van der Waals surface area contributed by atoms with E-state index in [9.17, 15) is 26.8 Å². The fourth-order valence-corrected chi connectivity index (χ4v) is 6.06. The van der Waals surface area contributed by atoms with Crippen molar-refractivity contribution in [2.45, 2.75) is 30.8 Å². The van der Waals surface area contributed by atoms with Gasteiger partial charge in [0.05, 0.1) is 17.2 Å². The van der Waals surface area contributed by atoms with Gasteiger partial charge in [-0.3, -0.25) is 13.9 Å². The number of sulfonamides is 1. The third kappa shape index (κ3) is 7.99. The summed E-state index contributed by atoms with van der Waals surface area (Å²) in [6.45, 7) is 1.43. The summed E-state index contributed by atoms with van der Waals surface area (Å²) in [5.74, 6) is -1.72. The molecule has 1 unspecified atom stereocenters. The number of ether oxygens (including phenoxy) is 1. The summed E-state index contributed by atoms with van der Waals surface area (Å²) in [5, 5.41) is 2.61. The molecule has 0 saturated heterocycles. The van der Waals surface area contributed by atoms with Gasteiger partial charge in [0, 0.05) is 20.0 Å². The Hall–Kier alpha value is -4.77. The number of carbonyl (C=O) groups is 2. The Morgan fingerprint density at radius 1 is 0.818 bits per heavy atom. The van der Waals surface area contributed by atoms with Crippen LogP contribution >= 0.6 is 0 Å². The van der Waals surface area contributed by atoms with Gasteiger partial charge in [-0.15, -0.1) is 0 Å². The third-order valence-corrected chi connectivity index (χ3v) is 8.69. The van der Waals surface area contributed by atoms with Crippen LogP contribution < -0.4 is 14.4 Å². The van der Waals surface area contributed by atoms with Gasteiger partial charge in [-0.05, 0) is 78.7 Å². The van der Waals surface area contributed by atoms with Crippen LogP contribution in [0.3, 0.4) is 0 Å². The van der Waals surface area contributed by atoms with E-state index >= 15 is 0 Å². The van der Waals surface area contributed by atoms with Crippen molar-refractivity contribution in [3.63, 3.8) is 0 Å². The first-order valence-electron chi connectivity index (χ1n) is 13.9. The molecule has 0 heterocycles. The lowest BCUT2D eigenvalue weighted by molar-refractivity contribution is -0.139. The number of likely N-dealkylation sites (N-methyl/N-ethyl adjacent to an activating group) is 1. The monoisotopic (exact) mass is 621 g/mol. The zero-order valence-corrected chi connectivity index (χ0v) is 25.1. The molecule has 11 heteroatoms. The lowest BCUT2D eigenvalue weighted by Crippen LogP contribution is -2.53. The van der Waals surface area contributed by atoms with E-state index < -0.39 is 46.1 Å². The molecule has 8 nitrogen and oxygen atoms in total. The number of anilines is 1. The number of hydrogen-bond acceptors (Lipinski definition) is 5. The number of carbonyl (C=O) groups excluding carboxylic acids is 2. The third-order valence-electron chi connectivity index (χ3n) is 6.90. The summed E-state index contributed by atoms with van der Waals surface area (Å²) in [4.78, 5) is 28.6. The van der Waals surface area contributed by atoms with Crippen molar-refractivity contribution in [2.24, 2.45) is 0 Å². The van der Waals surface area contributed by atoms with E-state index in [1.54, 1.807) is 12.1 Å². The summed E-state index contributed by atoms with van der Waals surface area (Å²) in [7, 11) is -2.93. The molecule has 1 N–H and O–H groups in total. The van der Waals surface area contributed by atoms with Crippen LogP contribution in [-0.2, 0) is 32.6 Å². The molecule has 0 fully saturated rings. The Morgan fingerprint density at radius 3 is 1.98 bits per heavy atom. The molecule has 0 aliphatic heterocycles. The normalized spacial score (nSPS) is 11.8. The molecule has 0 bridgehead atoms. The number of amides is 2. The van der Waals surface area contributed by atoms with E-state index in [2.05, 4.69) is 5.32 Å². The molecule has 0 saturated carbocycles. The van der Waals surface area contributed by atoms with Crippen molar-refractivity contribution in [3.05, 3.63) is 126 Å². The molecule has 0 aromatic heterocycles. The highest BCUT2D eigenvalue weighted by Crippen LogP contribution is 2.27. The zero-order chi connectivity index (χ0) is 31.7. The van der Waals surface area contributed by atoms with Gasteiger partial charge in [-0.1, -0.05) is 42.5 Å². The number of halogens is 2. The summed E-state index contributed by atoms with van der Waals surface area (Å²) in [5.41, 5.74) is 1.48. The zero-order valence-electron chi connectivity index (χ0n) is 24.3. The SMILES string of the molecule is CCOc1ccc(N(CC(=O)N(Cc2ccc(F)cc2)C(Cc2ccccc2)C(=O)NC)S(=O)(=O)c2ccc(F)cc2)cc1. The Labute approximate surface area is 255 Å². The van der Waals surface area contributed by atoms with E-state index in [4.69, 9.17) is 4.74 Å². The first-order chi connectivity index (χ1) is 21.1. The molecule has 4 aromatic carbocycles. The second-order valence-corrected chi connectivity index (χ2v) is 11.7. The van der Waals surface area contributed by atoms with Crippen molar-refractivity contribution in [3.8, 4) is 5.75 Å². The minimum absolute atomic E-state index is 0.0995. The maximum Gasteiger partial charge on any atom is 0.264 e. The fourth-order valence-electron chi connectivity index (χ4n) is 4.64. The maximum absolute atomic E-state index is 14.2. The van der Waals surface area contributed by atoms with Crippen LogP contribution in [0.25, 0.3) is 0 Å². The first kappa shape index (κ1) is 32.2. The molecule has 0 radical (unpaired) electrons. The first-order valence-corrected chi connectivity index (χ1v) is 15.4.